The van der Waals surface area contributed by atoms with E-state index in [1.54, 1.807) is 0 Å². The van der Waals surface area contributed by atoms with Crippen LogP contribution < -0.4 is 5.43 Å². The highest BCUT2D eigenvalue weighted by Crippen LogP contribution is 2.13. The van der Waals surface area contributed by atoms with Crippen LogP contribution in [0.15, 0.2) is 29.4 Å². The van der Waals surface area contributed by atoms with Gasteiger partial charge < -0.3 is 0 Å². The van der Waals surface area contributed by atoms with Crippen LogP contribution in [0.25, 0.3) is 0 Å². The van der Waals surface area contributed by atoms with Crippen molar-refractivity contribution in [3.8, 4) is 0 Å². The quantitative estimate of drug-likeness (QED) is 0.632. The number of hydrazone groups is 1. The lowest BCUT2D eigenvalue weighted by atomic mass is 10.0. The first-order valence-corrected chi connectivity index (χ1v) is 4.59. The summed E-state index contributed by atoms with van der Waals surface area (Å²) >= 11 is 5.10. The summed E-state index contributed by atoms with van der Waals surface area (Å²) in [6, 6.07) is 8.21. The number of nitrogens with one attached hydrogen (secondary N) is 1. The second-order valence-electron chi connectivity index (χ2n) is 3.07. The topological polar surface area (TPSA) is 24.4 Å². The molecular formula is C10H10N2S. The highest BCUT2D eigenvalue weighted by atomic mass is 32.1. The van der Waals surface area contributed by atoms with E-state index in [0.717, 1.165) is 17.1 Å². The maximum absolute atomic E-state index is 5.10. The van der Waals surface area contributed by atoms with Gasteiger partial charge in [0.05, 0.1) is 5.71 Å². The molecule has 1 heterocycles. The molecule has 0 unspecified atom stereocenters. The molecule has 0 fully saturated rings. The van der Waals surface area contributed by atoms with E-state index in [0.29, 0.717) is 0 Å². The van der Waals surface area contributed by atoms with Crippen LogP contribution in [-0.4, -0.2) is 10.7 Å². The van der Waals surface area contributed by atoms with E-state index in [9.17, 15) is 0 Å². The summed E-state index contributed by atoms with van der Waals surface area (Å²) in [4.78, 5) is 0.782. The second-order valence-corrected chi connectivity index (χ2v) is 3.56. The van der Waals surface area contributed by atoms with E-state index in [1.165, 1.54) is 11.1 Å². The molecule has 0 saturated carbocycles. The first-order valence-electron chi connectivity index (χ1n) is 4.19. The van der Waals surface area contributed by atoms with Gasteiger partial charge in [-0.1, -0.05) is 36.5 Å². The summed E-state index contributed by atoms with van der Waals surface area (Å²) in [6.45, 7) is 1.99. The van der Waals surface area contributed by atoms with Crippen molar-refractivity contribution < 1.29 is 0 Å². The highest BCUT2D eigenvalue weighted by Gasteiger charge is 2.10. The summed E-state index contributed by atoms with van der Waals surface area (Å²) in [5.41, 5.74) is 6.29. The number of hydrogen-bond acceptors (Lipinski definition) is 2. The number of thiocarbonyl (C=S) groups is 1. The summed E-state index contributed by atoms with van der Waals surface area (Å²) in [6.07, 6.45) is 0.784. The Labute approximate surface area is 82.7 Å². The first kappa shape index (κ1) is 8.38. The molecule has 66 valence electrons. The molecule has 1 N–H and O–H groups in total. The smallest absolute Gasteiger partial charge is 0.101 e. The minimum atomic E-state index is 0.782. The van der Waals surface area contributed by atoms with Gasteiger partial charge in [0, 0.05) is 12.0 Å². The lowest BCUT2D eigenvalue weighted by Crippen LogP contribution is -2.15. The number of rotatable bonds is 0. The van der Waals surface area contributed by atoms with Crippen molar-refractivity contribution in [2.75, 3.05) is 0 Å². The van der Waals surface area contributed by atoms with Crippen molar-refractivity contribution in [2.45, 2.75) is 13.3 Å². The van der Waals surface area contributed by atoms with E-state index in [2.05, 4.69) is 22.7 Å². The molecular weight excluding hydrogens is 180 g/mol. The number of fused-ring (bicyclic) bond motifs is 1. The van der Waals surface area contributed by atoms with Crippen LogP contribution in [0.5, 0.6) is 0 Å². The van der Waals surface area contributed by atoms with E-state index in [-0.39, 0.29) is 0 Å². The van der Waals surface area contributed by atoms with E-state index < -0.39 is 0 Å². The minimum Gasteiger partial charge on any atom is -0.271 e. The van der Waals surface area contributed by atoms with Crippen molar-refractivity contribution in [1.29, 1.82) is 0 Å². The molecule has 0 bridgehead atoms. The Hall–Kier alpha value is -1.22. The van der Waals surface area contributed by atoms with Gasteiger partial charge in [-0.2, -0.15) is 5.10 Å². The van der Waals surface area contributed by atoms with Crippen molar-refractivity contribution in [2.24, 2.45) is 5.10 Å². The van der Waals surface area contributed by atoms with Gasteiger partial charge in [0.25, 0.3) is 0 Å². The second kappa shape index (κ2) is 3.26. The lowest BCUT2D eigenvalue weighted by molar-refractivity contribution is 1.03. The third-order valence-corrected chi connectivity index (χ3v) is 2.34. The molecule has 0 radical (unpaired) electrons. The van der Waals surface area contributed by atoms with E-state index >= 15 is 0 Å². The Morgan fingerprint density at radius 1 is 1.38 bits per heavy atom. The molecule has 0 aliphatic carbocycles. The van der Waals surface area contributed by atoms with Gasteiger partial charge in [0.1, 0.15) is 4.99 Å². The molecule has 13 heavy (non-hydrogen) atoms. The summed E-state index contributed by atoms with van der Waals surface area (Å²) in [5.74, 6) is 0. The van der Waals surface area contributed by atoms with Crippen molar-refractivity contribution in [3.63, 3.8) is 0 Å². The Kier molecular flexibility index (Phi) is 2.10. The Morgan fingerprint density at radius 2 is 2.15 bits per heavy atom. The Bertz CT molecular complexity index is 382. The molecule has 0 saturated heterocycles. The predicted molar refractivity (Wildman–Crippen MR) is 58.1 cm³/mol. The average Bonchev–Trinajstić information content (AvgIpc) is 2.27. The first-order chi connectivity index (χ1) is 6.27. The molecule has 0 amide bonds. The standard InChI is InChI=1S/C10H10N2S/c1-7-9-5-3-2-4-8(9)6-10(13)12-11-7/h2-5H,6H2,1H3,(H,12,13). The van der Waals surface area contributed by atoms with E-state index in [4.69, 9.17) is 12.2 Å². The molecule has 0 aromatic heterocycles. The predicted octanol–water partition coefficient (Wildman–Crippen LogP) is 1.88. The van der Waals surface area contributed by atoms with Gasteiger partial charge in [-0.25, -0.2) is 0 Å². The maximum atomic E-state index is 5.10. The van der Waals surface area contributed by atoms with Crippen molar-refractivity contribution in [3.05, 3.63) is 35.4 Å². The molecule has 2 nitrogen and oxygen atoms in total. The molecule has 1 aromatic rings. The lowest BCUT2D eigenvalue weighted by Gasteiger charge is -2.02. The number of nitrogens with zero attached hydrogens (tertiary/aromatic N) is 1. The summed E-state index contributed by atoms with van der Waals surface area (Å²) < 4.78 is 0. The summed E-state index contributed by atoms with van der Waals surface area (Å²) in [5, 5.41) is 4.17. The van der Waals surface area contributed by atoms with Crippen LogP contribution in [0.2, 0.25) is 0 Å². The fourth-order valence-corrected chi connectivity index (χ4v) is 1.65. The van der Waals surface area contributed by atoms with Gasteiger partial charge in [0.2, 0.25) is 0 Å². The third-order valence-electron chi connectivity index (χ3n) is 2.11. The highest BCUT2D eigenvalue weighted by molar-refractivity contribution is 7.80. The minimum absolute atomic E-state index is 0.782. The number of benzene rings is 1. The Balaban J connectivity index is 2.55. The van der Waals surface area contributed by atoms with Crippen LogP contribution in [0, 0.1) is 0 Å². The zero-order valence-corrected chi connectivity index (χ0v) is 8.19. The molecule has 2 rings (SSSR count). The monoisotopic (exact) mass is 190 g/mol. The SMILES string of the molecule is CC1=NNC(=S)Cc2ccccc21. The van der Waals surface area contributed by atoms with Gasteiger partial charge >= 0.3 is 0 Å². The van der Waals surface area contributed by atoms with Crippen LogP contribution in [-0.2, 0) is 6.42 Å². The van der Waals surface area contributed by atoms with Gasteiger partial charge in [-0.15, -0.1) is 0 Å². The van der Waals surface area contributed by atoms with Gasteiger partial charge in [0.15, 0.2) is 0 Å². The van der Waals surface area contributed by atoms with Crippen molar-refractivity contribution >= 4 is 22.9 Å². The normalized spacial score (nSPS) is 15.5. The molecule has 0 spiro atoms. The fourth-order valence-electron chi connectivity index (χ4n) is 1.45. The van der Waals surface area contributed by atoms with E-state index in [1.807, 2.05) is 19.1 Å². The third kappa shape index (κ3) is 1.60. The van der Waals surface area contributed by atoms with Crippen LogP contribution >= 0.6 is 12.2 Å². The zero-order valence-electron chi connectivity index (χ0n) is 7.37. The average molecular weight is 190 g/mol. The number of hydrogen-bond donors (Lipinski definition) is 1. The molecule has 3 heteroatoms. The van der Waals surface area contributed by atoms with Crippen molar-refractivity contribution in [1.82, 2.24) is 5.43 Å². The molecule has 0 atom stereocenters. The van der Waals surface area contributed by atoms with Gasteiger partial charge in [-0.05, 0) is 12.5 Å². The van der Waals surface area contributed by atoms with Gasteiger partial charge in [-0.3, -0.25) is 5.43 Å². The van der Waals surface area contributed by atoms with Crippen LogP contribution in [0.4, 0.5) is 0 Å². The zero-order chi connectivity index (χ0) is 9.26. The molecule has 1 aromatic carbocycles. The summed E-state index contributed by atoms with van der Waals surface area (Å²) in [7, 11) is 0. The maximum Gasteiger partial charge on any atom is 0.101 e. The fraction of sp³-hybridized carbons (Fsp3) is 0.200. The largest absolute Gasteiger partial charge is 0.271 e. The molecule has 1 aliphatic rings. The molecule has 1 aliphatic heterocycles. The van der Waals surface area contributed by atoms with Crippen LogP contribution in [0.3, 0.4) is 0 Å². The Morgan fingerprint density at radius 3 is 3.00 bits per heavy atom. The van der Waals surface area contributed by atoms with Crippen LogP contribution in [0.1, 0.15) is 18.1 Å².